The van der Waals surface area contributed by atoms with Gasteiger partial charge in [-0.25, -0.2) is 17.2 Å². The number of sulfonamides is 1. The van der Waals surface area contributed by atoms with Crippen LogP contribution in [0.15, 0.2) is 5.03 Å². The number of hydrogen-bond acceptors (Lipinski definition) is 4. The highest BCUT2D eigenvalue weighted by molar-refractivity contribution is 7.89. The number of hydrogen-bond donors (Lipinski definition) is 0. The molecule has 2 aliphatic rings. The molecule has 0 spiro atoms. The fourth-order valence-corrected chi connectivity index (χ4v) is 4.91. The molecular weight excluding hydrogens is 304 g/mol. The molecule has 0 amide bonds. The molecular formula is C12H17F2N3O3S. The Hall–Kier alpha value is -1.06. The molecule has 1 saturated heterocycles. The largest absolute Gasteiger partial charge is 0.378 e. The van der Waals surface area contributed by atoms with Gasteiger partial charge in [0.1, 0.15) is 0 Å². The number of nitrogens with zero attached hydrogens (tertiary/aromatic N) is 3. The molecule has 1 aromatic rings. The van der Waals surface area contributed by atoms with Gasteiger partial charge in [0.2, 0.25) is 0 Å². The zero-order valence-corrected chi connectivity index (χ0v) is 12.6. The monoisotopic (exact) mass is 321 g/mol. The molecule has 0 bridgehead atoms. The zero-order valence-electron chi connectivity index (χ0n) is 11.8. The van der Waals surface area contributed by atoms with Gasteiger partial charge in [-0.05, 0) is 19.8 Å². The number of halogens is 2. The van der Waals surface area contributed by atoms with Gasteiger partial charge in [0.25, 0.3) is 16.4 Å². The average Bonchev–Trinajstić information content (AvgIpc) is 3.07. The van der Waals surface area contributed by atoms with E-state index in [0.717, 1.165) is 17.5 Å². The number of ether oxygens (including phenoxy) is 1. The van der Waals surface area contributed by atoms with Crippen LogP contribution in [0.25, 0.3) is 0 Å². The van der Waals surface area contributed by atoms with Crippen molar-refractivity contribution in [1.29, 1.82) is 0 Å². The van der Waals surface area contributed by atoms with Crippen molar-refractivity contribution in [2.45, 2.75) is 43.3 Å². The third-order valence-corrected chi connectivity index (χ3v) is 5.97. The van der Waals surface area contributed by atoms with Crippen LogP contribution in [0.5, 0.6) is 0 Å². The average molecular weight is 321 g/mol. The summed E-state index contributed by atoms with van der Waals surface area (Å²) in [4.78, 5) is 0. The molecule has 0 atom stereocenters. The highest BCUT2D eigenvalue weighted by Gasteiger charge is 2.47. The normalized spacial score (nSPS) is 20.3. The fraction of sp³-hybridized carbons (Fsp3) is 0.750. The summed E-state index contributed by atoms with van der Waals surface area (Å²) in [7, 11) is -2.63. The fourth-order valence-electron chi connectivity index (χ4n) is 2.70. The van der Waals surface area contributed by atoms with Gasteiger partial charge in [-0.3, -0.25) is 4.68 Å². The lowest BCUT2D eigenvalue weighted by Crippen LogP contribution is -2.53. The van der Waals surface area contributed by atoms with Crippen LogP contribution in [0.1, 0.15) is 30.5 Å². The molecule has 0 aromatic carbocycles. The van der Waals surface area contributed by atoms with Crippen molar-refractivity contribution in [2.75, 3.05) is 13.2 Å². The Bertz CT molecular complexity index is 651. The lowest BCUT2D eigenvalue weighted by atomic mass is 10.2. The number of rotatable bonds is 5. The van der Waals surface area contributed by atoms with Crippen molar-refractivity contribution in [3.63, 3.8) is 0 Å². The predicted molar refractivity (Wildman–Crippen MR) is 69.6 cm³/mol. The van der Waals surface area contributed by atoms with E-state index in [9.17, 15) is 17.2 Å². The summed E-state index contributed by atoms with van der Waals surface area (Å²) in [5.74, 6) is 0. The van der Waals surface area contributed by atoms with E-state index >= 15 is 0 Å². The summed E-state index contributed by atoms with van der Waals surface area (Å²) in [6.45, 7) is 2.03. The van der Waals surface area contributed by atoms with E-state index in [2.05, 4.69) is 5.10 Å². The number of alkyl halides is 2. The maximum atomic E-state index is 13.2. The van der Waals surface area contributed by atoms with Gasteiger partial charge in [-0.2, -0.15) is 9.40 Å². The minimum Gasteiger partial charge on any atom is -0.378 e. The van der Waals surface area contributed by atoms with Crippen LogP contribution < -0.4 is 0 Å². The Balaban J connectivity index is 2.09. The molecule has 2 heterocycles. The molecule has 21 heavy (non-hydrogen) atoms. The molecule has 1 aromatic heterocycles. The van der Waals surface area contributed by atoms with Crippen LogP contribution in [0, 0.1) is 6.92 Å². The minimum atomic E-state index is -4.01. The molecule has 6 nitrogen and oxygen atoms in total. The quantitative estimate of drug-likeness (QED) is 0.818. The van der Waals surface area contributed by atoms with Crippen LogP contribution in [-0.2, 0) is 21.8 Å². The van der Waals surface area contributed by atoms with Crippen molar-refractivity contribution >= 4 is 10.0 Å². The second-order valence-corrected chi connectivity index (χ2v) is 7.24. The molecule has 2 fully saturated rings. The van der Waals surface area contributed by atoms with Gasteiger partial charge >= 0.3 is 0 Å². The van der Waals surface area contributed by atoms with E-state index in [1.165, 1.54) is 18.3 Å². The van der Waals surface area contributed by atoms with Gasteiger partial charge in [-0.1, -0.05) is 0 Å². The van der Waals surface area contributed by atoms with E-state index in [4.69, 9.17) is 4.74 Å². The number of aromatic nitrogens is 2. The first kappa shape index (κ1) is 14.9. The van der Waals surface area contributed by atoms with E-state index in [0.29, 0.717) is 13.2 Å². The van der Waals surface area contributed by atoms with Gasteiger partial charge < -0.3 is 4.74 Å². The Kier molecular flexibility index (Phi) is 3.53. The van der Waals surface area contributed by atoms with Crippen LogP contribution in [0.4, 0.5) is 8.78 Å². The maximum Gasteiger partial charge on any atom is 0.268 e. The van der Waals surface area contributed by atoms with Gasteiger partial charge in [0.15, 0.2) is 5.03 Å². The van der Waals surface area contributed by atoms with Crippen LogP contribution in [0.3, 0.4) is 0 Å². The van der Waals surface area contributed by atoms with E-state index in [1.54, 1.807) is 0 Å². The highest BCUT2D eigenvalue weighted by Crippen LogP contribution is 2.38. The maximum absolute atomic E-state index is 13.2. The first-order valence-electron chi connectivity index (χ1n) is 6.77. The van der Waals surface area contributed by atoms with Gasteiger partial charge in [0, 0.05) is 13.1 Å². The van der Waals surface area contributed by atoms with Gasteiger partial charge in [0.05, 0.1) is 30.5 Å². The first-order valence-corrected chi connectivity index (χ1v) is 8.21. The molecule has 1 aliphatic carbocycles. The lowest BCUT2D eigenvalue weighted by molar-refractivity contribution is -0.0389. The Labute approximate surface area is 121 Å². The van der Waals surface area contributed by atoms with Crippen molar-refractivity contribution in [1.82, 2.24) is 14.1 Å². The molecule has 1 aliphatic heterocycles. The highest BCUT2D eigenvalue weighted by atomic mass is 32.2. The smallest absolute Gasteiger partial charge is 0.268 e. The van der Waals surface area contributed by atoms with Crippen LogP contribution in [0.2, 0.25) is 0 Å². The molecule has 3 rings (SSSR count). The number of aryl methyl sites for hydroxylation is 2. The van der Waals surface area contributed by atoms with Crippen LogP contribution in [-0.4, -0.2) is 47.8 Å². The molecule has 1 saturated carbocycles. The van der Waals surface area contributed by atoms with Gasteiger partial charge in [-0.15, -0.1) is 0 Å². The lowest BCUT2D eigenvalue weighted by Gasteiger charge is -2.36. The Morgan fingerprint density at radius 1 is 1.33 bits per heavy atom. The van der Waals surface area contributed by atoms with E-state index in [1.807, 2.05) is 0 Å². The standard InChI is InChI=1S/C12H17F2N3O3S/c1-7-10(11(13)14)12(16(2)15-7)21(18,19)17(8-3-4-8)9-5-20-6-9/h8-9,11H,3-6H2,1-2H3. The minimum absolute atomic E-state index is 0.0479. The SMILES string of the molecule is Cc1nn(C)c(S(=O)(=O)N(C2CC2)C2COC2)c1C(F)F. The molecule has 9 heteroatoms. The third-order valence-electron chi connectivity index (χ3n) is 3.84. The predicted octanol–water partition coefficient (Wildman–Crippen LogP) is 1.22. The first-order chi connectivity index (χ1) is 9.84. The molecule has 0 unspecified atom stereocenters. The summed E-state index contributed by atoms with van der Waals surface area (Å²) < 4.78 is 59.7. The summed E-state index contributed by atoms with van der Waals surface area (Å²) in [6, 6.07) is -0.368. The van der Waals surface area contributed by atoms with E-state index in [-0.39, 0.29) is 17.8 Å². The van der Waals surface area contributed by atoms with Crippen molar-refractivity contribution in [3.05, 3.63) is 11.3 Å². The van der Waals surface area contributed by atoms with Crippen molar-refractivity contribution < 1.29 is 21.9 Å². The Morgan fingerprint density at radius 2 is 1.95 bits per heavy atom. The zero-order chi connectivity index (χ0) is 15.4. The Morgan fingerprint density at radius 3 is 2.38 bits per heavy atom. The summed E-state index contributed by atoms with van der Waals surface area (Å²) in [5, 5.41) is 3.47. The summed E-state index contributed by atoms with van der Waals surface area (Å²) in [5.41, 5.74) is -0.449. The third kappa shape index (κ3) is 2.36. The van der Waals surface area contributed by atoms with Crippen molar-refractivity contribution in [2.24, 2.45) is 7.05 Å². The van der Waals surface area contributed by atoms with Crippen LogP contribution >= 0.6 is 0 Å². The summed E-state index contributed by atoms with van der Waals surface area (Å²) >= 11 is 0. The van der Waals surface area contributed by atoms with Crippen molar-refractivity contribution in [3.8, 4) is 0 Å². The summed E-state index contributed by atoms with van der Waals surface area (Å²) in [6.07, 6.45) is -1.35. The second kappa shape index (κ2) is 4.99. The van der Waals surface area contributed by atoms with E-state index < -0.39 is 27.0 Å². The molecule has 0 N–H and O–H groups in total. The molecule has 118 valence electrons. The second-order valence-electron chi connectivity index (χ2n) is 5.49. The topological polar surface area (TPSA) is 64.4 Å². The molecule has 0 radical (unpaired) electrons.